The van der Waals surface area contributed by atoms with Crippen molar-refractivity contribution in [2.75, 3.05) is 26.9 Å². The smallest absolute Gasteiger partial charge is 0.167 e. The minimum Gasteiger partial charge on any atom is -0.383 e. The highest BCUT2D eigenvalue weighted by Gasteiger charge is 2.18. The third kappa shape index (κ3) is 4.22. The molecular weight excluding hydrogens is 246 g/mol. The number of ether oxygens (including phenoxy) is 2. The quantitative estimate of drug-likeness (QED) is 0.694. The molecule has 0 saturated carbocycles. The summed E-state index contributed by atoms with van der Waals surface area (Å²) in [6, 6.07) is 0.120. The summed E-state index contributed by atoms with van der Waals surface area (Å²) in [7, 11) is 1.69. The zero-order valence-electron chi connectivity index (χ0n) is 11.7. The summed E-state index contributed by atoms with van der Waals surface area (Å²) in [6.45, 7) is 5.23. The number of nitrogens with zero attached hydrogens (tertiary/aromatic N) is 4. The summed E-state index contributed by atoms with van der Waals surface area (Å²) < 4.78 is 12.5. The van der Waals surface area contributed by atoms with Gasteiger partial charge >= 0.3 is 0 Å². The van der Waals surface area contributed by atoms with Crippen LogP contribution in [0.4, 0.5) is 0 Å². The molecular formula is C12H23N5O2. The molecule has 1 aliphatic rings. The van der Waals surface area contributed by atoms with Crippen molar-refractivity contribution in [3.63, 3.8) is 0 Å². The molecule has 0 amide bonds. The van der Waals surface area contributed by atoms with E-state index in [0.717, 1.165) is 38.4 Å². The fourth-order valence-corrected chi connectivity index (χ4v) is 2.29. The summed E-state index contributed by atoms with van der Waals surface area (Å²) in [5, 5.41) is 15.3. The fourth-order valence-electron chi connectivity index (χ4n) is 2.29. The molecule has 7 nitrogen and oxygen atoms in total. The van der Waals surface area contributed by atoms with E-state index in [2.05, 4.69) is 27.8 Å². The molecule has 0 bridgehead atoms. The number of hydrogen-bond acceptors (Lipinski definition) is 6. The average Bonchev–Trinajstić information content (AvgIpc) is 3.07. The van der Waals surface area contributed by atoms with Crippen molar-refractivity contribution in [1.82, 2.24) is 25.5 Å². The Balaban J connectivity index is 1.81. The van der Waals surface area contributed by atoms with Crippen LogP contribution in [0.1, 0.15) is 38.1 Å². The van der Waals surface area contributed by atoms with Gasteiger partial charge in [0.25, 0.3) is 0 Å². The predicted octanol–water partition coefficient (Wildman–Crippen LogP) is 0.539. The minimum absolute atomic E-state index is 0.120. The molecule has 2 unspecified atom stereocenters. The second-order valence-corrected chi connectivity index (χ2v) is 4.85. The van der Waals surface area contributed by atoms with E-state index in [0.29, 0.717) is 12.7 Å². The van der Waals surface area contributed by atoms with E-state index in [-0.39, 0.29) is 6.04 Å². The molecule has 0 spiro atoms. The van der Waals surface area contributed by atoms with Crippen LogP contribution in [0.2, 0.25) is 0 Å². The van der Waals surface area contributed by atoms with E-state index in [4.69, 9.17) is 9.47 Å². The topological polar surface area (TPSA) is 74.1 Å². The molecule has 19 heavy (non-hydrogen) atoms. The Morgan fingerprint density at radius 2 is 2.47 bits per heavy atom. The van der Waals surface area contributed by atoms with Crippen molar-refractivity contribution in [3.8, 4) is 0 Å². The van der Waals surface area contributed by atoms with E-state index >= 15 is 0 Å². The second kappa shape index (κ2) is 7.52. The van der Waals surface area contributed by atoms with Crippen LogP contribution in [0, 0.1) is 0 Å². The van der Waals surface area contributed by atoms with Crippen molar-refractivity contribution in [2.45, 2.75) is 44.9 Å². The fraction of sp³-hybridized carbons (Fsp3) is 0.917. The predicted molar refractivity (Wildman–Crippen MR) is 69.7 cm³/mol. The number of tetrazole rings is 1. The minimum atomic E-state index is 0.120. The van der Waals surface area contributed by atoms with Crippen molar-refractivity contribution in [1.29, 1.82) is 0 Å². The molecule has 0 aromatic carbocycles. The highest BCUT2D eigenvalue weighted by atomic mass is 16.5. The van der Waals surface area contributed by atoms with E-state index in [1.54, 1.807) is 7.11 Å². The average molecular weight is 269 g/mol. The first-order chi connectivity index (χ1) is 9.31. The molecule has 2 heterocycles. The Kier molecular flexibility index (Phi) is 5.68. The molecule has 1 aromatic rings. The Labute approximate surface area is 113 Å². The molecule has 0 radical (unpaired) electrons. The Morgan fingerprint density at radius 1 is 1.58 bits per heavy atom. The van der Waals surface area contributed by atoms with E-state index in [1.165, 1.54) is 6.42 Å². The summed E-state index contributed by atoms with van der Waals surface area (Å²) >= 11 is 0. The van der Waals surface area contributed by atoms with Crippen LogP contribution < -0.4 is 5.32 Å². The highest BCUT2D eigenvalue weighted by Crippen LogP contribution is 2.16. The van der Waals surface area contributed by atoms with Gasteiger partial charge in [-0.05, 0) is 36.6 Å². The largest absolute Gasteiger partial charge is 0.383 e. The zero-order valence-corrected chi connectivity index (χ0v) is 11.7. The Bertz CT molecular complexity index is 365. The summed E-state index contributed by atoms with van der Waals surface area (Å²) in [5.74, 6) is 0.870. The molecule has 1 fully saturated rings. The lowest BCUT2D eigenvalue weighted by Crippen LogP contribution is -2.26. The number of methoxy groups -OCH3 is 1. The third-order valence-electron chi connectivity index (χ3n) is 3.39. The molecule has 0 aliphatic carbocycles. The van der Waals surface area contributed by atoms with E-state index in [1.807, 2.05) is 4.68 Å². The van der Waals surface area contributed by atoms with Gasteiger partial charge in [0.15, 0.2) is 5.82 Å². The maximum atomic E-state index is 5.62. The number of aryl methyl sites for hydroxylation is 1. The number of nitrogens with one attached hydrogen (secondary N) is 1. The summed E-state index contributed by atoms with van der Waals surface area (Å²) in [5.41, 5.74) is 0. The van der Waals surface area contributed by atoms with Gasteiger partial charge in [-0.3, -0.25) is 0 Å². The van der Waals surface area contributed by atoms with Crippen LogP contribution in [0.3, 0.4) is 0 Å². The van der Waals surface area contributed by atoms with Gasteiger partial charge < -0.3 is 14.8 Å². The summed E-state index contributed by atoms with van der Waals surface area (Å²) in [6.07, 6.45) is 3.66. The highest BCUT2D eigenvalue weighted by molar-refractivity contribution is 4.89. The molecule has 1 saturated heterocycles. The van der Waals surface area contributed by atoms with Crippen LogP contribution in [0.25, 0.3) is 0 Å². The standard InChI is InChI=1S/C12H23N5O2/c1-10(13-6-9-18-2)12-14-15-16-17(12)7-5-11-4-3-8-19-11/h10-11,13H,3-9H2,1-2H3. The molecule has 108 valence electrons. The Hall–Kier alpha value is -1.05. The maximum absolute atomic E-state index is 5.62. The van der Waals surface area contributed by atoms with Crippen LogP contribution in [-0.2, 0) is 16.0 Å². The molecule has 2 atom stereocenters. The SMILES string of the molecule is COCCNC(C)c1nnnn1CCC1CCCO1. The van der Waals surface area contributed by atoms with Gasteiger partial charge in [-0.2, -0.15) is 0 Å². The first kappa shape index (κ1) is 14.4. The van der Waals surface area contributed by atoms with Gasteiger partial charge in [0.2, 0.25) is 0 Å². The second-order valence-electron chi connectivity index (χ2n) is 4.85. The van der Waals surface area contributed by atoms with Crippen LogP contribution in [-0.4, -0.2) is 53.2 Å². The Morgan fingerprint density at radius 3 is 3.21 bits per heavy atom. The first-order valence-electron chi connectivity index (χ1n) is 6.91. The van der Waals surface area contributed by atoms with Gasteiger partial charge in [-0.1, -0.05) is 0 Å². The maximum Gasteiger partial charge on any atom is 0.167 e. The van der Waals surface area contributed by atoms with Crippen molar-refractivity contribution >= 4 is 0 Å². The van der Waals surface area contributed by atoms with Crippen LogP contribution in [0.5, 0.6) is 0 Å². The zero-order chi connectivity index (χ0) is 13.5. The molecule has 2 rings (SSSR count). The normalized spacial score (nSPS) is 20.8. The van der Waals surface area contributed by atoms with E-state index < -0.39 is 0 Å². The van der Waals surface area contributed by atoms with Crippen molar-refractivity contribution in [2.24, 2.45) is 0 Å². The van der Waals surface area contributed by atoms with Gasteiger partial charge in [0.05, 0.1) is 18.8 Å². The molecule has 7 heteroatoms. The molecule has 1 aliphatic heterocycles. The van der Waals surface area contributed by atoms with Gasteiger partial charge in [-0.15, -0.1) is 5.10 Å². The van der Waals surface area contributed by atoms with Gasteiger partial charge in [-0.25, -0.2) is 4.68 Å². The lowest BCUT2D eigenvalue weighted by atomic mass is 10.2. The lowest BCUT2D eigenvalue weighted by Gasteiger charge is -2.14. The van der Waals surface area contributed by atoms with Gasteiger partial charge in [0.1, 0.15) is 0 Å². The van der Waals surface area contributed by atoms with Crippen LogP contribution in [0.15, 0.2) is 0 Å². The molecule has 1 N–H and O–H groups in total. The van der Waals surface area contributed by atoms with Gasteiger partial charge in [0, 0.05) is 26.8 Å². The number of rotatable bonds is 8. The third-order valence-corrected chi connectivity index (χ3v) is 3.39. The first-order valence-corrected chi connectivity index (χ1v) is 6.91. The van der Waals surface area contributed by atoms with Crippen molar-refractivity contribution in [3.05, 3.63) is 5.82 Å². The van der Waals surface area contributed by atoms with Crippen molar-refractivity contribution < 1.29 is 9.47 Å². The lowest BCUT2D eigenvalue weighted by molar-refractivity contribution is 0.0989. The van der Waals surface area contributed by atoms with E-state index in [9.17, 15) is 0 Å². The van der Waals surface area contributed by atoms with Crippen LogP contribution >= 0.6 is 0 Å². The summed E-state index contributed by atoms with van der Waals surface area (Å²) in [4.78, 5) is 0. The number of hydrogen-bond donors (Lipinski definition) is 1. The monoisotopic (exact) mass is 269 g/mol. The number of aromatic nitrogens is 4. The molecule has 1 aromatic heterocycles.